The van der Waals surface area contributed by atoms with E-state index >= 15 is 0 Å². The highest BCUT2D eigenvalue weighted by Gasteiger charge is 2.32. The van der Waals surface area contributed by atoms with E-state index < -0.39 is 32.7 Å². The van der Waals surface area contributed by atoms with Crippen molar-refractivity contribution >= 4 is 15.5 Å². The van der Waals surface area contributed by atoms with Crippen molar-refractivity contribution < 1.29 is 21.8 Å². The molecule has 0 aliphatic rings. The Balaban J connectivity index is 2.32. The first kappa shape index (κ1) is 17.3. The lowest BCUT2D eigenvalue weighted by molar-refractivity contribution is -0.141. The largest absolute Gasteiger partial charge is 0.433 e. The molecule has 0 spiro atoms. The van der Waals surface area contributed by atoms with Crippen molar-refractivity contribution in [1.82, 2.24) is 9.97 Å². The Hall–Kier alpha value is -2.03. The SMILES string of the molecule is CC(c1ccc(C(F)(F)F)nc1)S(C)(=O)=Nc1ccc(F)cn1. The molecule has 23 heavy (non-hydrogen) atoms. The zero-order valence-electron chi connectivity index (χ0n) is 12.2. The summed E-state index contributed by atoms with van der Waals surface area (Å²) in [5, 5.41) is -0.677. The Morgan fingerprint density at radius 2 is 1.83 bits per heavy atom. The molecule has 0 aliphatic heterocycles. The summed E-state index contributed by atoms with van der Waals surface area (Å²) in [6, 6.07) is 4.46. The molecule has 2 heterocycles. The zero-order valence-corrected chi connectivity index (χ0v) is 13.0. The van der Waals surface area contributed by atoms with Gasteiger partial charge in [0.2, 0.25) is 0 Å². The van der Waals surface area contributed by atoms with Gasteiger partial charge in [-0.3, -0.25) is 4.98 Å². The van der Waals surface area contributed by atoms with Crippen LogP contribution < -0.4 is 0 Å². The van der Waals surface area contributed by atoms with Crippen LogP contribution in [0.3, 0.4) is 0 Å². The molecule has 9 heteroatoms. The lowest BCUT2D eigenvalue weighted by atomic mass is 10.2. The summed E-state index contributed by atoms with van der Waals surface area (Å²) >= 11 is 0. The molecule has 0 bridgehead atoms. The van der Waals surface area contributed by atoms with Gasteiger partial charge in [-0.15, -0.1) is 0 Å². The molecular formula is C14H13F4N3OS. The number of nitrogens with zero attached hydrogens (tertiary/aromatic N) is 3. The fourth-order valence-electron chi connectivity index (χ4n) is 1.75. The van der Waals surface area contributed by atoms with Crippen LogP contribution in [0.4, 0.5) is 23.4 Å². The number of halogens is 4. The van der Waals surface area contributed by atoms with Crippen molar-refractivity contribution in [2.75, 3.05) is 6.26 Å². The Morgan fingerprint density at radius 1 is 1.13 bits per heavy atom. The monoisotopic (exact) mass is 347 g/mol. The quantitative estimate of drug-likeness (QED) is 0.785. The first-order chi connectivity index (χ1) is 10.6. The van der Waals surface area contributed by atoms with Crippen LogP contribution in [-0.4, -0.2) is 20.4 Å². The van der Waals surface area contributed by atoms with Crippen molar-refractivity contribution in [2.24, 2.45) is 4.36 Å². The zero-order chi connectivity index (χ0) is 17.3. The number of hydrogen-bond acceptors (Lipinski definition) is 4. The minimum atomic E-state index is -4.53. The molecule has 4 nitrogen and oxygen atoms in total. The molecule has 2 rings (SSSR count). The Labute approximate surface area is 130 Å². The standard InChI is InChI=1S/C14H13F4N3OS/c1-9(10-3-5-12(19-7-10)14(16,17)18)23(2,22)21-13-6-4-11(15)8-20-13/h3-9H,1-2H3. The third kappa shape index (κ3) is 4.25. The minimum absolute atomic E-state index is 0.0885. The van der Waals surface area contributed by atoms with Crippen molar-refractivity contribution in [2.45, 2.75) is 18.3 Å². The van der Waals surface area contributed by atoms with E-state index in [1.165, 1.54) is 18.4 Å². The molecule has 2 aromatic rings. The van der Waals surface area contributed by atoms with E-state index in [1.807, 2.05) is 0 Å². The average molecular weight is 347 g/mol. The van der Waals surface area contributed by atoms with Gasteiger partial charge in [0.25, 0.3) is 0 Å². The van der Waals surface area contributed by atoms with Gasteiger partial charge in [-0.05, 0) is 30.7 Å². The number of aromatic nitrogens is 2. The van der Waals surface area contributed by atoms with Gasteiger partial charge < -0.3 is 0 Å². The van der Waals surface area contributed by atoms with Crippen molar-refractivity contribution in [3.63, 3.8) is 0 Å². The van der Waals surface area contributed by atoms with Crippen LogP contribution in [0.1, 0.15) is 23.4 Å². The number of rotatable bonds is 3. The maximum Gasteiger partial charge on any atom is 0.433 e. The second-order valence-corrected chi connectivity index (χ2v) is 7.52. The summed E-state index contributed by atoms with van der Waals surface area (Å²) in [6.07, 6.45) is -1.19. The lowest BCUT2D eigenvalue weighted by Crippen LogP contribution is -2.11. The van der Waals surface area contributed by atoms with Crippen molar-refractivity contribution in [1.29, 1.82) is 0 Å². The minimum Gasteiger partial charge on any atom is -0.251 e. The van der Waals surface area contributed by atoms with E-state index in [0.717, 1.165) is 24.5 Å². The summed E-state index contributed by atoms with van der Waals surface area (Å²) in [5.41, 5.74) is -0.662. The molecule has 0 aromatic carbocycles. The topological polar surface area (TPSA) is 55.2 Å². The normalized spacial score (nSPS) is 15.7. The van der Waals surface area contributed by atoms with Crippen molar-refractivity contribution in [3.8, 4) is 0 Å². The fraction of sp³-hybridized carbons (Fsp3) is 0.286. The lowest BCUT2D eigenvalue weighted by Gasteiger charge is -2.14. The van der Waals surface area contributed by atoms with Gasteiger partial charge in [0.1, 0.15) is 11.5 Å². The molecule has 2 atom stereocenters. The third-order valence-electron chi connectivity index (χ3n) is 3.19. The Kier molecular flexibility index (Phi) is 4.69. The molecule has 0 fully saturated rings. The van der Waals surface area contributed by atoms with Crippen LogP contribution in [0, 0.1) is 5.82 Å². The second-order valence-electron chi connectivity index (χ2n) is 4.90. The second kappa shape index (κ2) is 6.23. The first-order valence-electron chi connectivity index (χ1n) is 6.45. The highest BCUT2D eigenvalue weighted by molar-refractivity contribution is 7.93. The van der Waals surface area contributed by atoms with Crippen LogP contribution >= 0.6 is 0 Å². The predicted octanol–water partition coefficient (Wildman–Crippen LogP) is 4.13. The molecule has 0 saturated carbocycles. The number of hydrogen-bond donors (Lipinski definition) is 0. The van der Waals surface area contributed by atoms with E-state index in [1.54, 1.807) is 6.92 Å². The molecule has 0 aliphatic carbocycles. The maximum absolute atomic E-state index is 12.8. The predicted molar refractivity (Wildman–Crippen MR) is 78.0 cm³/mol. The molecular weight excluding hydrogens is 334 g/mol. The molecule has 0 radical (unpaired) electrons. The van der Waals surface area contributed by atoms with Crippen molar-refractivity contribution in [3.05, 3.63) is 53.7 Å². The third-order valence-corrected chi connectivity index (χ3v) is 5.32. The highest BCUT2D eigenvalue weighted by atomic mass is 32.2. The van der Waals surface area contributed by atoms with Crippen LogP contribution in [0.15, 0.2) is 41.0 Å². The van der Waals surface area contributed by atoms with Crippen LogP contribution in [0.5, 0.6) is 0 Å². The van der Waals surface area contributed by atoms with Crippen LogP contribution in [0.25, 0.3) is 0 Å². The van der Waals surface area contributed by atoms with Crippen LogP contribution in [0.2, 0.25) is 0 Å². The first-order valence-corrected chi connectivity index (χ1v) is 8.44. The van der Waals surface area contributed by atoms with Gasteiger partial charge in [-0.25, -0.2) is 13.6 Å². The molecule has 0 saturated heterocycles. The Morgan fingerprint density at radius 3 is 2.30 bits per heavy atom. The van der Waals surface area contributed by atoms with E-state index in [0.29, 0.717) is 5.56 Å². The maximum atomic E-state index is 12.8. The van der Waals surface area contributed by atoms with Gasteiger partial charge in [-0.2, -0.15) is 17.5 Å². The highest BCUT2D eigenvalue weighted by Crippen LogP contribution is 2.30. The molecule has 2 aromatic heterocycles. The van der Waals surface area contributed by atoms with Gasteiger partial charge >= 0.3 is 6.18 Å². The van der Waals surface area contributed by atoms with E-state index in [9.17, 15) is 21.8 Å². The summed E-state index contributed by atoms with van der Waals surface area (Å²) in [6.45, 7) is 1.57. The number of pyridine rings is 2. The number of alkyl halides is 3. The van der Waals surface area contributed by atoms with E-state index in [-0.39, 0.29) is 5.82 Å². The van der Waals surface area contributed by atoms with E-state index in [4.69, 9.17) is 0 Å². The summed E-state index contributed by atoms with van der Waals surface area (Å²) in [4.78, 5) is 7.05. The van der Waals surface area contributed by atoms with Gasteiger partial charge in [-0.1, -0.05) is 6.07 Å². The summed E-state index contributed by atoms with van der Waals surface area (Å²) < 4.78 is 66.9. The fourth-order valence-corrected chi connectivity index (χ4v) is 3.03. The van der Waals surface area contributed by atoms with Gasteiger partial charge in [0.05, 0.1) is 21.2 Å². The molecule has 2 unspecified atom stereocenters. The smallest absolute Gasteiger partial charge is 0.251 e. The molecule has 124 valence electrons. The molecule has 0 amide bonds. The van der Waals surface area contributed by atoms with Gasteiger partial charge in [0, 0.05) is 12.5 Å². The molecule has 0 N–H and O–H groups in total. The summed E-state index contributed by atoms with van der Waals surface area (Å²) in [7, 11) is -2.86. The van der Waals surface area contributed by atoms with Crippen LogP contribution in [-0.2, 0) is 15.9 Å². The average Bonchev–Trinajstić information content (AvgIpc) is 2.48. The Bertz CT molecular complexity index is 794. The summed E-state index contributed by atoms with van der Waals surface area (Å²) in [5.74, 6) is -0.461. The van der Waals surface area contributed by atoms with E-state index in [2.05, 4.69) is 14.3 Å². The van der Waals surface area contributed by atoms with Gasteiger partial charge in [0.15, 0.2) is 5.82 Å².